The predicted molar refractivity (Wildman–Crippen MR) is 59.7 cm³/mol. The van der Waals surface area contributed by atoms with Gasteiger partial charge in [-0.25, -0.2) is 0 Å². The quantitative estimate of drug-likeness (QED) is 0.740. The predicted octanol–water partition coefficient (Wildman–Crippen LogP) is 0.479. The van der Waals surface area contributed by atoms with Crippen LogP contribution in [0.3, 0.4) is 0 Å². The lowest BCUT2D eigenvalue weighted by atomic mass is 9.92. The third-order valence-corrected chi connectivity index (χ3v) is 2.98. The number of nitrogens with zero attached hydrogens (tertiary/aromatic N) is 1. The highest BCUT2D eigenvalue weighted by Gasteiger charge is 2.26. The van der Waals surface area contributed by atoms with E-state index in [0.29, 0.717) is 19.2 Å². The van der Waals surface area contributed by atoms with Crippen molar-refractivity contribution in [2.45, 2.75) is 25.8 Å². The summed E-state index contributed by atoms with van der Waals surface area (Å²) in [6.07, 6.45) is 1.91. The first-order chi connectivity index (χ1) is 7.15. The van der Waals surface area contributed by atoms with E-state index < -0.39 is 0 Å². The van der Waals surface area contributed by atoms with Crippen molar-refractivity contribution in [3.05, 3.63) is 0 Å². The first-order valence-corrected chi connectivity index (χ1v) is 5.62. The summed E-state index contributed by atoms with van der Waals surface area (Å²) in [7, 11) is 3.51. The van der Waals surface area contributed by atoms with Gasteiger partial charge in [0.15, 0.2) is 0 Å². The van der Waals surface area contributed by atoms with Crippen LogP contribution in [0.1, 0.15) is 19.8 Å². The highest BCUT2D eigenvalue weighted by Crippen LogP contribution is 2.17. The molecule has 1 fully saturated rings. The number of carbonyl (C=O) groups is 1. The number of piperidine rings is 1. The number of amides is 1. The molecule has 1 amide bonds. The van der Waals surface area contributed by atoms with Gasteiger partial charge in [-0.3, -0.25) is 4.79 Å². The van der Waals surface area contributed by atoms with Crippen LogP contribution < -0.4 is 5.32 Å². The fourth-order valence-electron chi connectivity index (χ4n) is 2.01. The van der Waals surface area contributed by atoms with Crippen molar-refractivity contribution < 1.29 is 9.53 Å². The Morgan fingerprint density at radius 2 is 2.33 bits per heavy atom. The van der Waals surface area contributed by atoms with Crippen molar-refractivity contribution >= 4 is 5.91 Å². The number of carbonyl (C=O) groups excluding carboxylic acids is 1. The minimum Gasteiger partial charge on any atom is -0.383 e. The van der Waals surface area contributed by atoms with Gasteiger partial charge in [-0.1, -0.05) is 0 Å². The van der Waals surface area contributed by atoms with Crippen LogP contribution in [0.15, 0.2) is 0 Å². The molecule has 0 spiro atoms. The van der Waals surface area contributed by atoms with Crippen LogP contribution in [0.2, 0.25) is 0 Å². The van der Waals surface area contributed by atoms with Gasteiger partial charge in [0.05, 0.1) is 6.61 Å². The molecule has 2 atom stereocenters. The Morgan fingerprint density at radius 3 is 2.93 bits per heavy atom. The molecule has 0 saturated carbocycles. The summed E-state index contributed by atoms with van der Waals surface area (Å²) in [6.45, 7) is 4.39. The zero-order valence-electron chi connectivity index (χ0n) is 9.95. The second-order valence-electron chi connectivity index (χ2n) is 4.33. The number of methoxy groups -OCH3 is 1. The van der Waals surface area contributed by atoms with E-state index in [4.69, 9.17) is 4.74 Å². The minimum atomic E-state index is 0.197. The summed E-state index contributed by atoms with van der Waals surface area (Å²) in [5.74, 6) is 0.462. The molecule has 0 radical (unpaired) electrons. The molecule has 0 unspecified atom stereocenters. The lowest BCUT2D eigenvalue weighted by Crippen LogP contribution is -2.43. The average Bonchev–Trinajstić information content (AvgIpc) is 2.24. The second kappa shape index (κ2) is 6.08. The number of nitrogens with one attached hydrogen (secondary N) is 1. The van der Waals surface area contributed by atoms with E-state index in [0.717, 1.165) is 19.4 Å². The third-order valence-electron chi connectivity index (χ3n) is 2.98. The van der Waals surface area contributed by atoms with Gasteiger partial charge in [-0.05, 0) is 26.3 Å². The maximum Gasteiger partial charge on any atom is 0.225 e. The highest BCUT2D eigenvalue weighted by atomic mass is 16.5. The van der Waals surface area contributed by atoms with Crippen molar-refractivity contribution in [3.8, 4) is 0 Å². The van der Waals surface area contributed by atoms with Crippen molar-refractivity contribution in [3.63, 3.8) is 0 Å². The molecule has 1 aliphatic rings. The van der Waals surface area contributed by atoms with Gasteiger partial charge in [0.2, 0.25) is 5.91 Å². The molecule has 0 aromatic heterocycles. The van der Waals surface area contributed by atoms with Crippen molar-refractivity contribution in [2.24, 2.45) is 5.92 Å². The Morgan fingerprint density at radius 1 is 1.60 bits per heavy atom. The molecule has 15 heavy (non-hydrogen) atoms. The van der Waals surface area contributed by atoms with E-state index in [9.17, 15) is 4.79 Å². The van der Waals surface area contributed by atoms with Gasteiger partial charge < -0.3 is 15.0 Å². The van der Waals surface area contributed by atoms with E-state index in [-0.39, 0.29) is 11.8 Å². The summed E-state index contributed by atoms with van der Waals surface area (Å²) in [5, 5.41) is 3.35. The molecule has 0 aromatic carbocycles. The molecule has 1 rings (SSSR count). The molecule has 4 nitrogen and oxygen atoms in total. The highest BCUT2D eigenvalue weighted by molar-refractivity contribution is 5.78. The normalized spacial score (nSPS) is 26.3. The van der Waals surface area contributed by atoms with Gasteiger partial charge in [0, 0.05) is 32.7 Å². The summed E-state index contributed by atoms with van der Waals surface area (Å²) in [5.41, 5.74) is 0. The smallest absolute Gasteiger partial charge is 0.225 e. The minimum absolute atomic E-state index is 0.197. The lowest BCUT2D eigenvalue weighted by Gasteiger charge is -2.30. The fraction of sp³-hybridized carbons (Fsp3) is 0.909. The summed E-state index contributed by atoms with van der Waals surface area (Å²) in [6, 6.07) is 0.462. The first-order valence-electron chi connectivity index (χ1n) is 5.62. The summed E-state index contributed by atoms with van der Waals surface area (Å²) in [4.78, 5) is 13.8. The molecule has 1 aliphatic heterocycles. The fourth-order valence-corrected chi connectivity index (χ4v) is 2.01. The van der Waals surface area contributed by atoms with Crippen LogP contribution in [0.5, 0.6) is 0 Å². The van der Waals surface area contributed by atoms with Gasteiger partial charge in [0.1, 0.15) is 0 Å². The van der Waals surface area contributed by atoms with Crippen LogP contribution >= 0.6 is 0 Å². The van der Waals surface area contributed by atoms with E-state index in [1.807, 2.05) is 7.05 Å². The molecule has 0 bridgehead atoms. The summed E-state index contributed by atoms with van der Waals surface area (Å²) >= 11 is 0. The van der Waals surface area contributed by atoms with E-state index in [1.54, 1.807) is 12.0 Å². The van der Waals surface area contributed by atoms with Crippen LogP contribution in [-0.4, -0.2) is 50.7 Å². The van der Waals surface area contributed by atoms with Crippen molar-refractivity contribution in [1.29, 1.82) is 0 Å². The van der Waals surface area contributed by atoms with E-state index >= 15 is 0 Å². The van der Waals surface area contributed by atoms with Crippen LogP contribution in [-0.2, 0) is 9.53 Å². The van der Waals surface area contributed by atoms with Crippen molar-refractivity contribution in [1.82, 2.24) is 10.2 Å². The van der Waals surface area contributed by atoms with Gasteiger partial charge in [-0.2, -0.15) is 0 Å². The molecule has 0 aliphatic carbocycles. The zero-order chi connectivity index (χ0) is 11.3. The van der Waals surface area contributed by atoms with Crippen molar-refractivity contribution in [2.75, 3.05) is 33.9 Å². The van der Waals surface area contributed by atoms with Crippen LogP contribution in [0.4, 0.5) is 0 Å². The summed E-state index contributed by atoms with van der Waals surface area (Å²) < 4.78 is 4.96. The molecule has 1 heterocycles. The molecular formula is C11H22N2O2. The Hall–Kier alpha value is -0.610. The molecule has 4 heteroatoms. The van der Waals surface area contributed by atoms with Crippen LogP contribution in [0, 0.1) is 5.92 Å². The number of rotatable bonds is 4. The van der Waals surface area contributed by atoms with E-state index in [2.05, 4.69) is 12.2 Å². The number of hydrogen-bond donors (Lipinski definition) is 1. The first kappa shape index (κ1) is 12.5. The largest absolute Gasteiger partial charge is 0.383 e. The maximum absolute atomic E-state index is 12.0. The SMILES string of the molecule is COCCN(C)C(=O)[C@H]1CCN[C@@H](C)C1. The van der Waals surface area contributed by atoms with Crippen LogP contribution in [0.25, 0.3) is 0 Å². The molecular weight excluding hydrogens is 192 g/mol. The Labute approximate surface area is 92.0 Å². The molecule has 88 valence electrons. The monoisotopic (exact) mass is 214 g/mol. The third kappa shape index (κ3) is 3.80. The van der Waals surface area contributed by atoms with Gasteiger partial charge in [-0.15, -0.1) is 0 Å². The Balaban J connectivity index is 2.37. The Bertz CT molecular complexity index is 209. The number of ether oxygens (including phenoxy) is 1. The average molecular weight is 214 g/mol. The zero-order valence-corrected chi connectivity index (χ0v) is 9.95. The molecule has 0 aromatic rings. The molecule has 1 N–H and O–H groups in total. The van der Waals surface area contributed by atoms with E-state index in [1.165, 1.54) is 0 Å². The number of hydrogen-bond acceptors (Lipinski definition) is 3. The van der Waals surface area contributed by atoms with Gasteiger partial charge in [0.25, 0.3) is 0 Å². The maximum atomic E-state index is 12.0. The number of likely N-dealkylation sites (N-methyl/N-ethyl adjacent to an activating group) is 1. The topological polar surface area (TPSA) is 41.6 Å². The Kier molecular flexibility index (Phi) is 5.05. The standard InChI is InChI=1S/C11H22N2O2/c1-9-8-10(4-5-12-9)11(14)13(2)6-7-15-3/h9-10,12H,4-8H2,1-3H3/t9-,10-/m0/s1. The second-order valence-corrected chi connectivity index (χ2v) is 4.33. The van der Waals surface area contributed by atoms with Gasteiger partial charge >= 0.3 is 0 Å². The lowest BCUT2D eigenvalue weighted by molar-refractivity contribution is -0.135. The molecule has 1 saturated heterocycles.